The number of fused-ring (bicyclic) bond motifs is 1. The van der Waals surface area contributed by atoms with Crippen molar-refractivity contribution in [3.05, 3.63) is 100 Å². The molecule has 2 heterocycles. The van der Waals surface area contributed by atoms with Gasteiger partial charge in [-0.3, -0.25) is 14.0 Å². The van der Waals surface area contributed by atoms with Crippen molar-refractivity contribution in [1.29, 1.82) is 0 Å². The lowest BCUT2D eigenvalue weighted by Gasteiger charge is -2.10. The number of amides is 1. The maximum absolute atomic E-state index is 12.5. The number of carbonyl (C=O) groups is 1. The van der Waals surface area contributed by atoms with Crippen LogP contribution in [0.2, 0.25) is 0 Å². The molecule has 7 nitrogen and oxygen atoms in total. The molecule has 4 aromatic rings. The van der Waals surface area contributed by atoms with Crippen molar-refractivity contribution >= 4 is 17.2 Å². The number of aromatic nitrogens is 2. The third-order valence-electron chi connectivity index (χ3n) is 4.69. The molecule has 0 aliphatic carbocycles. The molecule has 1 N–H and O–H groups in total. The number of nitrogens with one attached hydrogen (secondary N) is 1. The van der Waals surface area contributed by atoms with Gasteiger partial charge in [0.25, 0.3) is 11.5 Å². The van der Waals surface area contributed by atoms with Crippen molar-refractivity contribution < 1.29 is 14.3 Å². The van der Waals surface area contributed by atoms with Crippen LogP contribution in [0, 0.1) is 6.92 Å². The van der Waals surface area contributed by atoms with Crippen LogP contribution in [0.5, 0.6) is 11.5 Å². The predicted molar refractivity (Wildman–Crippen MR) is 118 cm³/mol. The molecular formula is C24H21N3O4. The quantitative estimate of drug-likeness (QED) is 0.517. The summed E-state index contributed by atoms with van der Waals surface area (Å²) in [6.45, 7) is 2.08. The molecule has 0 radical (unpaired) electrons. The molecule has 7 heteroatoms. The maximum atomic E-state index is 12.5. The van der Waals surface area contributed by atoms with Crippen molar-refractivity contribution in [3.63, 3.8) is 0 Å². The standard InChI is InChI=1S/C24H21N3O4/c1-16-9-10-27-22(11-16)25-19(14-23(27)28)15-31-21-8-4-6-18(13-21)26-24(29)17-5-3-7-20(12-17)30-2/h3-14H,15H2,1-2H3,(H,26,29). The molecule has 2 aromatic heterocycles. The van der Waals surface area contributed by atoms with E-state index in [-0.39, 0.29) is 18.1 Å². The minimum atomic E-state index is -0.254. The van der Waals surface area contributed by atoms with Gasteiger partial charge in [0.05, 0.1) is 12.8 Å². The molecule has 0 saturated heterocycles. The second-order valence-electron chi connectivity index (χ2n) is 7.02. The van der Waals surface area contributed by atoms with Gasteiger partial charge in [-0.1, -0.05) is 12.1 Å². The third kappa shape index (κ3) is 4.72. The Labute approximate surface area is 178 Å². The van der Waals surface area contributed by atoms with Gasteiger partial charge in [0.15, 0.2) is 0 Å². The molecular weight excluding hydrogens is 394 g/mol. The lowest BCUT2D eigenvalue weighted by molar-refractivity contribution is 0.102. The van der Waals surface area contributed by atoms with E-state index in [1.54, 1.807) is 61.8 Å². The second-order valence-corrected chi connectivity index (χ2v) is 7.02. The number of carbonyl (C=O) groups excluding carboxylic acids is 1. The van der Waals surface area contributed by atoms with Crippen LogP contribution in [0.4, 0.5) is 5.69 Å². The van der Waals surface area contributed by atoms with Gasteiger partial charge >= 0.3 is 0 Å². The summed E-state index contributed by atoms with van der Waals surface area (Å²) in [4.78, 5) is 29.3. The Morgan fingerprint density at radius 1 is 1.03 bits per heavy atom. The number of rotatable bonds is 6. The molecule has 0 aliphatic heterocycles. The molecule has 0 saturated carbocycles. The summed E-state index contributed by atoms with van der Waals surface area (Å²) in [5.74, 6) is 0.907. The fourth-order valence-corrected chi connectivity index (χ4v) is 3.12. The van der Waals surface area contributed by atoms with Crippen LogP contribution in [0.15, 0.2) is 77.7 Å². The highest BCUT2D eigenvalue weighted by molar-refractivity contribution is 6.04. The van der Waals surface area contributed by atoms with E-state index in [1.165, 1.54) is 10.5 Å². The number of pyridine rings is 1. The van der Waals surface area contributed by atoms with Gasteiger partial charge in [0.1, 0.15) is 23.8 Å². The molecule has 0 unspecified atom stereocenters. The Hall–Kier alpha value is -4.13. The summed E-state index contributed by atoms with van der Waals surface area (Å²) in [5.41, 5.74) is 3.04. The van der Waals surface area contributed by atoms with Gasteiger partial charge in [-0.2, -0.15) is 0 Å². The lowest BCUT2D eigenvalue weighted by atomic mass is 10.2. The normalized spacial score (nSPS) is 10.6. The maximum Gasteiger partial charge on any atom is 0.258 e. The van der Waals surface area contributed by atoms with Crippen LogP contribution in [0.1, 0.15) is 21.6 Å². The molecule has 2 aromatic carbocycles. The van der Waals surface area contributed by atoms with E-state index in [0.717, 1.165) is 5.56 Å². The van der Waals surface area contributed by atoms with Crippen molar-refractivity contribution in [2.75, 3.05) is 12.4 Å². The van der Waals surface area contributed by atoms with Crippen LogP contribution < -0.4 is 20.3 Å². The number of nitrogens with zero attached hydrogens (tertiary/aromatic N) is 2. The zero-order valence-electron chi connectivity index (χ0n) is 17.2. The molecule has 156 valence electrons. The van der Waals surface area contributed by atoms with Gasteiger partial charge in [0, 0.05) is 29.6 Å². The highest BCUT2D eigenvalue weighted by Crippen LogP contribution is 2.20. The van der Waals surface area contributed by atoms with Crippen LogP contribution >= 0.6 is 0 Å². The van der Waals surface area contributed by atoms with Gasteiger partial charge in [-0.25, -0.2) is 4.98 Å². The Balaban J connectivity index is 1.47. The Morgan fingerprint density at radius 2 is 1.84 bits per heavy atom. The first-order valence-electron chi connectivity index (χ1n) is 9.69. The molecule has 0 bridgehead atoms. The highest BCUT2D eigenvalue weighted by Gasteiger charge is 2.09. The van der Waals surface area contributed by atoms with Gasteiger partial charge < -0.3 is 14.8 Å². The average Bonchev–Trinajstić information content (AvgIpc) is 2.77. The fraction of sp³-hybridized carbons (Fsp3) is 0.125. The first kappa shape index (κ1) is 20.2. The monoisotopic (exact) mass is 415 g/mol. The van der Waals surface area contributed by atoms with E-state index in [0.29, 0.717) is 34.1 Å². The predicted octanol–water partition coefficient (Wildman–Crippen LogP) is 3.84. The molecule has 31 heavy (non-hydrogen) atoms. The van der Waals surface area contributed by atoms with Crippen molar-refractivity contribution in [3.8, 4) is 11.5 Å². The number of anilines is 1. The van der Waals surface area contributed by atoms with Crippen molar-refractivity contribution in [1.82, 2.24) is 9.38 Å². The summed E-state index contributed by atoms with van der Waals surface area (Å²) in [7, 11) is 1.55. The second kappa shape index (κ2) is 8.71. The van der Waals surface area contributed by atoms with Crippen molar-refractivity contribution in [2.24, 2.45) is 0 Å². The zero-order valence-corrected chi connectivity index (χ0v) is 17.2. The zero-order chi connectivity index (χ0) is 21.8. The SMILES string of the molecule is COc1cccc(C(=O)Nc2cccc(OCc3cc(=O)n4ccc(C)cc4n3)c2)c1. The summed E-state index contributed by atoms with van der Waals surface area (Å²) >= 11 is 0. The molecule has 0 atom stereocenters. The largest absolute Gasteiger partial charge is 0.497 e. The number of ether oxygens (including phenoxy) is 2. The summed E-state index contributed by atoms with van der Waals surface area (Å²) in [6, 6.07) is 19.1. The smallest absolute Gasteiger partial charge is 0.258 e. The van der Waals surface area contributed by atoms with Crippen molar-refractivity contribution in [2.45, 2.75) is 13.5 Å². The van der Waals surface area contributed by atoms with E-state index in [2.05, 4.69) is 10.3 Å². The third-order valence-corrected chi connectivity index (χ3v) is 4.69. The summed E-state index contributed by atoms with van der Waals surface area (Å²) in [5, 5.41) is 2.84. The fourth-order valence-electron chi connectivity index (χ4n) is 3.12. The van der Waals surface area contributed by atoms with E-state index in [4.69, 9.17) is 9.47 Å². The van der Waals surface area contributed by atoms with Crippen LogP contribution in [0.25, 0.3) is 5.65 Å². The number of methoxy groups -OCH3 is 1. The minimum absolute atomic E-state index is 0.132. The number of hydrogen-bond acceptors (Lipinski definition) is 5. The molecule has 0 spiro atoms. The van der Waals surface area contributed by atoms with E-state index < -0.39 is 0 Å². The van der Waals surface area contributed by atoms with Crippen LogP contribution in [0.3, 0.4) is 0 Å². The Morgan fingerprint density at radius 3 is 2.68 bits per heavy atom. The van der Waals surface area contributed by atoms with E-state index >= 15 is 0 Å². The van der Waals surface area contributed by atoms with Gasteiger partial charge in [0.2, 0.25) is 0 Å². The minimum Gasteiger partial charge on any atom is -0.497 e. The van der Waals surface area contributed by atoms with Gasteiger partial charge in [-0.15, -0.1) is 0 Å². The number of aryl methyl sites for hydroxylation is 1. The van der Waals surface area contributed by atoms with Gasteiger partial charge in [-0.05, 0) is 55.0 Å². The summed E-state index contributed by atoms with van der Waals surface area (Å²) in [6.07, 6.45) is 1.71. The first-order chi connectivity index (χ1) is 15.0. The van der Waals surface area contributed by atoms with E-state index in [1.807, 2.05) is 19.1 Å². The lowest BCUT2D eigenvalue weighted by Crippen LogP contribution is -2.16. The van der Waals surface area contributed by atoms with Crippen LogP contribution in [-0.2, 0) is 6.61 Å². The Bertz CT molecular complexity index is 1310. The van der Waals surface area contributed by atoms with Crippen LogP contribution in [-0.4, -0.2) is 22.4 Å². The molecule has 0 fully saturated rings. The molecule has 1 amide bonds. The molecule has 4 rings (SSSR count). The molecule has 0 aliphatic rings. The van der Waals surface area contributed by atoms with E-state index in [9.17, 15) is 9.59 Å². The summed E-state index contributed by atoms with van der Waals surface area (Å²) < 4.78 is 12.5. The highest BCUT2D eigenvalue weighted by atomic mass is 16.5. The number of benzene rings is 2. The number of hydrogen-bond donors (Lipinski definition) is 1. The first-order valence-corrected chi connectivity index (χ1v) is 9.69. The topological polar surface area (TPSA) is 81.9 Å². The average molecular weight is 415 g/mol. The Kier molecular flexibility index (Phi) is 5.66.